The highest BCUT2D eigenvalue weighted by Gasteiger charge is 2.31. The molecule has 3 heterocycles. The number of alkyl halides is 3. The first-order valence-corrected chi connectivity index (χ1v) is 10.1. The summed E-state index contributed by atoms with van der Waals surface area (Å²) < 4.78 is 40.3. The summed E-state index contributed by atoms with van der Waals surface area (Å²) in [5.74, 6) is 0.328. The number of amides is 1. The molecule has 0 saturated carbocycles. The normalized spacial score (nSPS) is 17.6. The van der Waals surface area contributed by atoms with E-state index in [9.17, 15) is 18.0 Å². The van der Waals surface area contributed by atoms with Crippen molar-refractivity contribution in [3.8, 4) is 11.1 Å². The van der Waals surface area contributed by atoms with Gasteiger partial charge in [-0.3, -0.25) is 19.5 Å². The monoisotopic (exact) mass is 432 g/mol. The number of aromatic amines is 1. The number of hydrogen-bond acceptors (Lipinski definition) is 4. The minimum atomic E-state index is -4.38. The summed E-state index contributed by atoms with van der Waals surface area (Å²) in [6.45, 7) is 0.929. The molecule has 1 amide bonds. The van der Waals surface area contributed by atoms with Crippen molar-refractivity contribution in [3.05, 3.63) is 54.0 Å². The van der Waals surface area contributed by atoms with E-state index in [4.69, 9.17) is 0 Å². The van der Waals surface area contributed by atoms with Crippen LogP contribution in [-0.2, 0) is 18.0 Å². The van der Waals surface area contributed by atoms with Crippen LogP contribution in [0.3, 0.4) is 0 Å². The molecule has 1 aliphatic heterocycles. The number of anilines is 1. The third-order valence-corrected chi connectivity index (χ3v) is 5.47. The Hall–Kier alpha value is -3.14. The molecule has 1 aliphatic rings. The number of carbonyl (C=O) groups is 1. The van der Waals surface area contributed by atoms with Gasteiger partial charge in [0.15, 0.2) is 5.82 Å². The van der Waals surface area contributed by atoms with Crippen molar-refractivity contribution in [2.45, 2.75) is 31.5 Å². The third-order valence-electron chi connectivity index (χ3n) is 5.47. The first-order valence-electron chi connectivity index (χ1n) is 10.1. The number of piperidine rings is 1. The molecule has 0 bridgehead atoms. The summed E-state index contributed by atoms with van der Waals surface area (Å²) >= 11 is 0. The van der Waals surface area contributed by atoms with Crippen molar-refractivity contribution in [2.75, 3.05) is 18.4 Å². The number of likely N-dealkylation sites (tertiary alicyclic amines) is 1. The zero-order chi connectivity index (χ0) is 22.0. The Balaban J connectivity index is 1.52. The van der Waals surface area contributed by atoms with E-state index in [-0.39, 0.29) is 18.5 Å². The first kappa shape index (κ1) is 21.1. The maximum Gasteiger partial charge on any atom is 0.416 e. The Morgan fingerprint density at radius 1 is 1.23 bits per heavy atom. The number of H-pyrrole nitrogens is 1. The molecule has 1 aromatic carbocycles. The van der Waals surface area contributed by atoms with Crippen LogP contribution in [0.5, 0.6) is 0 Å². The van der Waals surface area contributed by atoms with Crippen molar-refractivity contribution in [2.24, 2.45) is 7.05 Å². The summed E-state index contributed by atoms with van der Waals surface area (Å²) in [7, 11) is 1.78. The van der Waals surface area contributed by atoms with Gasteiger partial charge in [-0.25, -0.2) is 0 Å². The van der Waals surface area contributed by atoms with Gasteiger partial charge in [-0.2, -0.15) is 23.4 Å². The van der Waals surface area contributed by atoms with E-state index in [1.807, 2.05) is 0 Å². The molecule has 0 aliphatic carbocycles. The van der Waals surface area contributed by atoms with Gasteiger partial charge in [-0.15, -0.1) is 0 Å². The van der Waals surface area contributed by atoms with Crippen LogP contribution in [0.1, 0.15) is 36.6 Å². The average Bonchev–Trinajstić information content (AvgIpc) is 3.37. The van der Waals surface area contributed by atoms with Crippen LogP contribution in [0.2, 0.25) is 0 Å². The molecular formula is C21H23F3N6O. The highest BCUT2D eigenvalue weighted by Crippen LogP contribution is 2.37. The lowest BCUT2D eigenvalue weighted by Gasteiger charge is -2.35. The summed E-state index contributed by atoms with van der Waals surface area (Å²) in [5.41, 5.74) is 1.52. The van der Waals surface area contributed by atoms with Gasteiger partial charge in [0.2, 0.25) is 5.91 Å². The topological polar surface area (TPSA) is 78.8 Å². The zero-order valence-electron chi connectivity index (χ0n) is 17.0. The quantitative estimate of drug-likeness (QED) is 0.639. The molecule has 1 atom stereocenters. The van der Waals surface area contributed by atoms with Crippen LogP contribution < -0.4 is 5.32 Å². The maximum atomic E-state index is 12.9. The maximum absolute atomic E-state index is 12.9. The Morgan fingerprint density at radius 3 is 2.68 bits per heavy atom. The summed E-state index contributed by atoms with van der Waals surface area (Å²) in [4.78, 5) is 14.6. The Labute approximate surface area is 177 Å². The second kappa shape index (κ2) is 8.54. The number of nitrogens with zero attached hydrogens (tertiary/aromatic N) is 4. The lowest BCUT2D eigenvalue weighted by atomic mass is 9.94. The molecule has 0 unspecified atom stereocenters. The first-order chi connectivity index (χ1) is 14.8. The largest absolute Gasteiger partial charge is 0.416 e. The lowest BCUT2D eigenvalue weighted by Crippen LogP contribution is -2.39. The summed E-state index contributed by atoms with van der Waals surface area (Å²) in [6, 6.07) is 6.71. The molecule has 2 N–H and O–H groups in total. The number of hydrogen-bond donors (Lipinski definition) is 2. The van der Waals surface area contributed by atoms with Crippen LogP contribution in [-0.4, -0.2) is 43.9 Å². The molecule has 1 saturated heterocycles. The Morgan fingerprint density at radius 2 is 2.00 bits per heavy atom. The van der Waals surface area contributed by atoms with Crippen molar-refractivity contribution in [1.82, 2.24) is 24.9 Å². The molecule has 7 nitrogen and oxygen atoms in total. The van der Waals surface area contributed by atoms with E-state index < -0.39 is 11.7 Å². The number of aryl methyl sites for hydroxylation is 1. The summed E-state index contributed by atoms with van der Waals surface area (Å²) in [6.07, 6.45) is 1.79. The molecule has 1 fully saturated rings. The number of carbonyl (C=O) groups excluding carboxylic acids is 1. The Bertz CT molecular complexity index is 1040. The minimum absolute atomic E-state index is 0.0805. The molecule has 2 aromatic heterocycles. The van der Waals surface area contributed by atoms with Gasteiger partial charge in [0.25, 0.3) is 0 Å². The standard InChI is InChI=1S/C21H23F3N6O/c1-29-11-9-18(28-29)26-19(31)13-30-10-3-2-4-17(30)20-16(12-25-27-20)14-5-7-15(8-6-14)21(22,23)24/h5-9,11-12,17H,2-4,10,13H2,1H3,(H,25,27)(H,26,28,31)/t17-/m0/s1. The Kier molecular flexibility index (Phi) is 5.81. The van der Waals surface area contributed by atoms with Crippen molar-refractivity contribution in [1.29, 1.82) is 0 Å². The van der Waals surface area contributed by atoms with Gasteiger partial charge < -0.3 is 5.32 Å². The van der Waals surface area contributed by atoms with E-state index in [1.165, 1.54) is 12.1 Å². The van der Waals surface area contributed by atoms with E-state index in [0.717, 1.165) is 49.2 Å². The number of nitrogens with one attached hydrogen (secondary N) is 2. The van der Waals surface area contributed by atoms with Gasteiger partial charge in [0.05, 0.1) is 30.0 Å². The second-order valence-corrected chi connectivity index (χ2v) is 7.68. The van der Waals surface area contributed by atoms with Crippen molar-refractivity contribution in [3.63, 3.8) is 0 Å². The molecule has 164 valence electrons. The number of halogens is 3. The lowest BCUT2D eigenvalue weighted by molar-refractivity contribution is -0.137. The smallest absolute Gasteiger partial charge is 0.308 e. The number of aromatic nitrogens is 4. The van der Waals surface area contributed by atoms with Gasteiger partial charge >= 0.3 is 6.18 Å². The van der Waals surface area contributed by atoms with Gasteiger partial charge in [0.1, 0.15) is 0 Å². The molecule has 10 heteroatoms. The fourth-order valence-electron chi connectivity index (χ4n) is 3.97. The highest BCUT2D eigenvalue weighted by atomic mass is 19.4. The van der Waals surface area contributed by atoms with E-state index in [1.54, 1.807) is 30.2 Å². The molecule has 0 radical (unpaired) electrons. The SMILES string of the molecule is Cn1ccc(NC(=O)CN2CCCC[C@H]2c2[nH]ncc2-c2ccc(C(F)(F)F)cc2)n1. The fourth-order valence-corrected chi connectivity index (χ4v) is 3.97. The summed E-state index contributed by atoms with van der Waals surface area (Å²) in [5, 5.41) is 14.1. The minimum Gasteiger partial charge on any atom is -0.308 e. The van der Waals surface area contributed by atoms with Crippen molar-refractivity contribution < 1.29 is 18.0 Å². The van der Waals surface area contributed by atoms with Gasteiger partial charge in [0, 0.05) is 24.9 Å². The van der Waals surface area contributed by atoms with E-state index >= 15 is 0 Å². The second-order valence-electron chi connectivity index (χ2n) is 7.68. The molecule has 0 spiro atoms. The molecular weight excluding hydrogens is 409 g/mol. The predicted molar refractivity (Wildman–Crippen MR) is 109 cm³/mol. The fraction of sp³-hybridized carbons (Fsp3) is 0.381. The average molecular weight is 432 g/mol. The number of rotatable bonds is 5. The number of benzene rings is 1. The van der Waals surface area contributed by atoms with Gasteiger partial charge in [-0.05, 0) is 37.1 Å². The highest BCUT2D eigenvalue weighted by molar-refractivity contribution is 5.91. The van der Waals surface area contributed by atoms with E-state index in [2.05, 4.69) is 25.5 Å². The predicted octanol–water partition coefficient (Wildman–Crippen LogP) is 3.99. The van der Waals surface area contributed by atoms with Crippen LogP contribution >= 0.6 is 0 Å². The van der Waals surface area contributed by atoms with Crippen LogP contribution in [0, 0.1) is 0 Å². The van der Waals surface area contributed by atoms with E-state index in [0.29, 0.717) is 11.4 Å². The zero-order valence-corrected chi connectivity index (χ0v) is 17.0. The third kappa shape index (κ3) is 4.79. The van der Waals surface area contributed by atoms with Gasteiger partial charge in [-0.1, -0.05) is 18.6 Å². The van der Waals surface area contributed by atoms with Crippen LogP contribution in [0.15, 0.2) is 42.7 Å². The molecule has 4 rings (SSSR count). The molecule has 3 aromatic rings. The molecule has 31 heavy (non-hydrogen) atoms. The van der Waals surface area contributed by atoms with Crippen LogP contribution in [0.4, 0.5) is 19.0 Å². The van der Waals surface area contributed by atoms with Crippen LogP contribution in [0.25, 0.3) is 11.1 Å². The van der Waals surface area contributed by atoms with Crippen molar-refractivity contribution >= 4 is 11.7 Å².